The number of carbonyl (C=O) groups is 1. The van der Waals surface area contributed by atoms with E-state index in [0.29, 0.717) is 11.3 Å². The van der Waals surface area contributed by atoms with E-state index >= 15 is 0 Å². The first-order chi connectivity index (χ1) is 5.49. The standard InChI is InChI=1S/C9H13NO2/c1-6(2)5-8(9(11)12)7(3)10-4/h5,10H,1,3H2,2,4H3,(H,11,12)/b8-5+. The Labute approximate surface area is 72.1 Å². The van der Waals surface area contributed by atoms with Crippen molar-refractivity contribution in [2.75, 3.05) is 7.05 Å². The minimum absolute atomic E-state index is 0.144. The molecule has 66 valence electrons. The first-order valence-electron chi connectivity index (χ1n) is 3.46. The summed E-state index contributed by atoms with van der Waals surface area (Å²) in [7, 11) is 1.62. The Kier molecular flexibility index (Phi) is 3.83. The molecule has 3 heteroatoms. The van der Waals surface area contributed by atoms with E-state index in [1.54, 1.807) is 14.0 Å². The first kappa shape index (κ1) is 10.5. The van der Waals surface area contributed by atoms with Crippen LogP contribution < -0.4 is 5.32 Å². The summed E-state index contributed by atoms with van der Waals surface area (Å²) >= 11 is 0. The van der Waals surface area contributed by atoms with Crippen LogP contribution >= 0.6 is 0 Å². The zero-order chi connectivity index (χ0) is 9.72. The normalized spacial score (nSPS) is 10.7. The van der Waals surface area contributed by atoms with Gasteiger partial charge in [-0.25, -0.2) is 4.79 Å². The molecule has 0 radical (unpaired) electrons. The summed E-state index contributed by atoms with van der Waals surface area (Å²) in [6, 6.07) is 0. The molecule has 12 heavy (non-hydrogen) atoms. The fourth-order valence-corrected chi connectivity index (χ4v) is 0.659. The molecule has 0 aromatic rings. The van der Waals surface area contributed by atoms with Gasteiger partial charge in [-0.05, 0) is 13.0 Å². The largest absolute Gasteiger partial charge is 0.478 e. The Morgan fingerprint density at radius 2 is 2.00 bits per heavy atom. The van der Waals surface area contributed by atoms with Gasteiger partial charge in [0.2, 0.25) is 0 Å². The molecule has 0 spiro atoms. The minimum Gasteiger partial charge on any atom is -0.478 e. The smallest absolute Gasteiger partial charge is 0.337 e. The van der Waals surface area contributed by atoms with Gasteiger partial charge in [0.25, 0.3) is 0 Å². The topological polar surface area (TPSA) is 49.3 Å². The molecular formula is C9H13NO2. The average molecular weight is 167 g/mol. The second-order valence-electron chi connectivity index (χ2n) is 2.44. The second-order valence-corrected chi connectivity index (χ2v) is 2.44. The van der Waals surface area contributed by atoms with Gasteiger partial charge < -0.3 is 10.4 Å². The first-order valence-corrected chi connectivity index (χ1v) is 3.46. The highest BCUT2D eigenvalue weighted by molar-refractivity contribution is 5.91. The molecule has 0 bridgehead atoms. The zero-order valence-corrected chi connectivity index (χ0v) is 7.35. The van der Waals surface area contributed by atoms with Crippen molar-refractivity contribution < 1.29 is 9.90 Å². The van der Waals surface area contributed by atoms with Gasteiger partial charge in [-0.2, -0.15) is 0 Å². The third-order valence-corrected chi connectivity index (χ3v) is 1.25. The molecule has 0 aliphatic heterocycles. The third-order valence-electron chi connectivity index (χ3n) is 1.25. The molecule has 0 aliphatic rings. The predicted octanol–water partition coefficient (Wildman–Crippen LogP) is 1.31. The van der Waals surface area contributed by atoms with Crippen LogP contribution in [0, 0.1) is 0 Å². The van der Waals surface area contributed by atoms with Crippen molar-refractivity contribution in [1.29, 1.82) is 0 Å². The van der Waals surface area contributed by atoms with Crippen LogP contribution in [0.3, 0.4) is 0 Å². The fourth-order valence-electron chi connectivity index (χ4n) is 0.659. The monoisotopic (exact) mass is 167 g/mol. The van der Waals surface area contributed by atoms with E-state index < -0.39 is 5.97 Å². The Morgan fingerprint density at radius 3 is 2.25 bits per heavy atom. The van der Waals surface area contributed by atoms with Gasteiger partial charge in [0, 0.05) is 12.7 Å². The van der Waals surface area contributed by atoms with E-state index in [9.17, 15) is 4.79 Å². The Hall–Kier alpha value is -1.51. The molecule has 0 aromatic heterocycles. The van der Waals surface area contributed by atoms with Crippen molar-refractivity contribution in [3.63, 3.8) is 0 Å². The van der Waals surface area contributed by atoms with Crippen LogP contribution in [0.15, 0.2) is 36.1 Å². The van der Waals surface area contributed by atoms with Crippen LogP contribution in [0.1, 0.15) is 6.92 Å². The summed E-state index contributed by atoms with van der Waals surface area (Å²) in [6.45, 7) is 8.86. The number of carboxylic acids is 1. The maximum atomic E-state index is 10.6. The van der Waals surface area contributed by atoms with E-state index in [4.69, 9.17) is 5.11 Å². The molecule has 2 N–H and O–H groups in total. The van der Waals surface area contributed by atoms with Gasteiger partial charge in [-0.15, -0.1) is 0 Å². The lowest BCUT2D eigenvalue weighted by Gasteiger charge is -2.04. The van der Waals surface area contributed by atoms with Crippen LogP contribution in [0.2, 0.25) is 0 Å². The highest BCUT2D eigenvalue weighted by Crippen LogP contribution is 2.07. The van der Waals surface area contributed by atoms with Gasteiger partial charge >= 0.3 is 5.97 Å². The van der Waals surface area contributed by atoms with Crippen LogP contribution in [-0.4, -0.2) is 18.1 Å². The van der Waals surface area contributed by atoms with Crippen molar-refractivity contribution in [2.24, 2.45) is 0 Å². The quantitative estimate of drug-likeness (QED) is 0.490. The number of rotatable bonds is 4. The molecule has 0 heterocycles. The fraction of sp³-hybridized carbons (Fsp3) is 0.222. The molecule has 0 aromatic carbocycles. The molecule has 0 aliphatic carbocycles. The van der Waals surface area contributed by atoms with Gasteiger partial charge in [0.15, 0.2) is 0 Å². The van der Waals surface area contributed by atoms with E-state index in [-0.39, 0.29) is 5.57 Å². The molecule has 0 saturated heterocycles. The highest BCUT2D eigenvalue weighted by atomic mass is 16.4. The SMILES string of the molecule is C=C(C)/C=C(\C(=C)NC)C(=O)O. The van der Waals surface area contributed by atoms with Crippen molar-refractivity contribution in [1.82, 2.24) is 5.32 Å². The summed E-state index contributed by atoms with van der Waals surface area (Å²) in [5, 5.41) is 11.4. The minimum atomic E-state index is -1.00. The van der Waals surface area contributed by atoms with E-state index in [1.165, 1.54) is 6.08 Å². The summed E-state index contributed by atoms with van der Waals surface area (Å²) in [6.07, 6.45) is 1.47. The molecule has 0 amide bonds. The molecule has 0 unspecified atom stereocenters. The maximum absolute atomic E-state index is 10.6. The zero-order valence-electron chi connectivity index (χ0n) is 7.35. The van der Waals surface area contributed by atoms with E-state index in [0.717, 1.165) is 0 Å². The Morgan fingerprint density at radius 1 is 1.50 bits per heavy atom. The number of hydrogen-bond acceptors (Lipinski definition) is 2. The summed E-state index contributed by atoms with van der Waals surface area (Å²) < 4.78 is 0. The molecule has 3 nitrogen and oxygen atoms in total. The number of likely N-dealkylation sites (N-methyl/N-ethyl adjacent to an activating group) is 1. The molecule has 0 saturated carbocycles. The number of nitrogens with one attached hydrogen (secondary N) is 1. The average Bonchev–Trinajstić information content (AvgIpc) is 1.98. The summed E-state index contributed by atoms with van der Waals surface area (Å²) in [4.78, 5) is 10.6. The van der Waals surface area contributed by atoms with Crippen molar-refractivity contribution in [2.45, 2.75) is 6.92 Å². The number of hydrogen-bond donors (Lipinski definition) is 2. The molecular weight excluding hydrogens is 154 g/mol. The number of allylic oxidation sites excluding steroid dienone is 2. The van der Waals surface area contributed by atoms with Crippen LogP contribution in [-0.2, 0) is 4.79 Å². The lowest BCUT2D eigenvalue weighted by atomic mass is 10.1. The lowest BCUT2D eigenvalue weighted by Crippen LogP contribution is -2.13. The van der Waals surface area contributed by atoms with E-state index in [2.05, 4.69) is 18.5 Å². The summed E-state index contributed by atoms with van der Waals surface area (Å²) in [5.74, 6) is -1.00. The van der Waals surface area contributed by atoms with Crippen LogP contribution in [0.25, 0.3) is 0 Å². The number of carboxylic acid groups (broad SMARTS) is 1. The second kappa shape index (κ2) is 4.38. The van der Waals surface area contributed by atoms with Crippen molar-refractivity contribution >= 4 is 5.97 Å². The van der Waals surface area contributed by atoms with Crippen molar-refractivity contribution in [3.8, 4) is 0 Å². The van der Waals surface area contributed by atoms with Gasteiger partial charge in [-0.3, -0.25) is 0 Å². The van der Waals surface area contributed by atoms with Crippen LogP contribution in [0.4, 0.5) is 0 Å². The maximum Gasteiger partial charge on any atom is 0.337 e. The molecule has 0 fully saturated rings. The molecule has 0 rings (SSSR count). The Balaban J connectivity index is 4.79. The van der Waals surface area contributed by atoms with Gasteiger partial charge in [0.05, 0.1) is 5.57 Å². The predicted molar refractivity (Wildman–Crippen MR) is 48.7 cm³/mol. The van der Waals surface area contributed by atoms with Gasteiger partial charge in [-0.1, -0.05) is 18.7 Å². The summed E-state index contributed by atoms with van der Waals surface area (Å²) in [5.41, 5.74) is 1.21. The van der Waals surface area contributed by atoms with E-state index in [1.807, 2.05) is 0 Å². The number of aliphatic carboxylic acids is 1. The Bertz CT molecular complexity index is 251. The van der Waals surface area contributed by atoms with Crippen molar-refractivity contribution in [3.05, 3.63) is 36.1 Å². The highest BCUT2D eigenvalue weighted by Gasteiger charge is 2.09. The lowest BCUT2D eigenvalue weighted by molar-refractivity contribution is -0.132. The third kappa shape index (κ3) is 3.05. The molecule has 0 atom stereocenters. The van der Waals surface area contributed by atoms with Gasteiger partial charge in [0.1, 0.15) is 0 Å². The van der Waals surface area contributed by atoms with Crippen LogP contribution in [0.5, 0.6) is 0 Å².